The van der Waals surface area contributed by atoms with Gasteiger partial charge in [-0.15, -0.1) is 0 Å². The van der Waals surface area contributed by atoms with Crippen LogP contribution in [-0.2, 0) is 0 Å². The molecule has 1 N–H and O–H groups in total. The maximum absolute atomic E-state index is 12.5. The van der Waals surface area contributed by atoms with Crippen molar-refractivity contribution in [1.29, 1.82) is 0 Å². The van der Waals surface area contributed by atoms with Crippen molar-refractivity contribution in [2.24, 2.45) is 0 Å². The quantitative estimate of drug-likeness (QED) is 0.572. The lowest BCUT2D eigenvalue weighted by atomic mass is 10.1. The van der Waals surface area contributed by atoms with E-state index in [1.165, 1.54) is 0 Å². The first-order chi connectivity index (χ1) is 12.0. The van der Waals surface area contributed by atoms with Gasteiger partial charge in [-0.1, -0.05) is 30.3 Å². The van der Waals surface area contributed by atoms with Gasteiger partial charge in [-0.05, 0) is 29.8 Å². The summed E-state index contributed by atoms with van der Waals surface area (Å²) in [5, 5.41) is 1.07. The zero-order valence-electron chi connectivity index (χ0n) is 13.9. The number of pyridine rings is 1. The molecule has 0 saturated carbocycles. The van der Waals surface area contributed by atoms with Gasteiger partial charge in [-0.3, -0.25) is 4.79 Å². The highest BCUT2D eigenvalue weighted by molar-refractivity contribution is 6.03. The summed E-state index contributed by atoms with van der Waals surface area (Å²) in [7, 11) is 3.85. The lowest BCUT2D eigenvalue weighted by Gasteiger charge is -2.13. The zero-order chi connectivity index (χ0) is 17.6. The second kappa shape index (κ2) is 5.63. The van der Waals surface area contributed by atoms with Crippen molar-refractivity contribution in [1.82, 2.24) is 4.98 Å². The molecule has 0 fully saturated rings. The van der Waals surface area contributed by atoms with Crippen LogP contribution in [0.4, 0.5) is 5.69 Å². The summed E-state index contributed by atoms with van der Waals surface area (Å²) >= 11 is 0. The Kier molecular flexibility index (Phi) is 3.42. The smallest absolute Gasteiger partial charge is 0.344 e. The van der Waals surface area contributed by atoms with Crippen LogP contribution >= 0.6 is 0 Å². The van der Waals surface area contributed by atoms with Gasteiger partial charge in [0.2, 0.25) is 0 Å². The number of nitrogens with one attached hydrogen (secondary N) is 1. The summed E-state index contributed by atoms with van der Waals surface area (Å²) in [4.78, 5) is 29.8. The Morgan fingerprint density at radius 2 is 1.68 bits per heavy atom. The average Bonchev–Trinajstić information content (AvgIpc) is 2.61. The van der Waals surface area contributed by atoms with E-state index in [2.05, 4.69) is 4.98 Å². The number of nitrogens with zero attached hydrogens (tertiary/aromatic N) is 1. The van der Waals surface area contributed by atoms with Crippen molar-refractivity contribution >= 4 is 27.6 Å². The van der Waals surface area contributed by atoms with E-state index in [1.807, 2.05) is 67.5 Å². The highest BCUT2D eigenvalue weighted by Gasteiger charge is 2.13. The Bertz CT molecular complexity index is 1200. The molecule has 25 heavy (non-hydrogen) atoms. The van der Waals surface area contributed by atoms with Crippen molar-refractivity contribution in [3.8, 4) is 11.1 Å². The zero-order valence-corrected chi connectivity index (χ0v) is 13.9. The number of aromatic nitrogens is 1. The van der Waals surface area contributed by atoms with Crippen LogP contribution in [0.1, 0.15) is 0 Å². The SMILES string of the molecule is CN(C)c1ccc2c(c1)[nH]c(=O)c1cc(-c3ccccc3)c(=O)oc12. The number of fused-ring (bicyclic) bond motifs is 3. The van der Waals surface area contributed by atoms with Crippen molar-refractivity contribution in [3.63, 3.8) is 0 Å². The van der Waals surface area contributed by atoms with Crippen molar-refractivity contribution in [2.75, 3.05) is 19.0 Å². The fraction of sp³-hybridized carbons (Fsp3) is 0.100. The van der Waals surface area contributed by atoms with Crippen molar-refractivity contribution < 1.29 is 4.42 Å². The van der Waals surface area contributed by atoms with Crippen LogP contribution in [0.25, 0.3) is 33.0 Å². The van der Waals surface area contributed by atoms with Crippen LogP contribution in [-0.4, -0.2) is 19.1 Å². The Labute approximate surface area is 143 Å². The minimum absolute atomic E-state index is 0.278. The summed E-state index contributed by atoms with van der Waals surface area (Å²) in [5.41, 5.74) is 2.27. The summed E-state index contributed by atoms with van der Waals surface area (Å²) < 4.78 is 5.55. The first kappa shape index (κ1) is 15.2. The van der Waals surface area contributed by atoms with E-state index < -0.39 is 5.63 Å². The van der Waals surface area contributed by atoms with Gasteiger partial charge >= 0.3 is 5.63 Å². The molecule has 4 aromatic rings. The van der Waals surface area contributed by atoms with Gasteiger partial charge in [0.15, 0.2) is 5.58 Å². The van der Waals surface area contributed by atoms with E-state index in [-0.39, 0.29) is 5.56 Å². The topological polar surface area (TPSA) is 66.3 Å². The standard InChI is InChI=1S/C20H16N2O3/c1-22(2)13-8-9-14-17(10-13)21-19(23)16-11-15(20(24)25-18(14)16)12-6-4-3-5-7-12/h3-11H,1-2H3,(H,21,23). The summed E-state index contributed by atoms with van der Waals surface area (Å²) in [5.74, 6) is 0. The Morgan fingerprint density at radius 1 is 0.920 bits per heavy atom. The second-order valence-corrected chi connectivity index (χ2v) is 6.13. The van der Waals surface area contributed by atoms with E-state index in [0.717, 1.165) is 11.3 Å². The summed E-state index contributed by atoms with van der Waals surface area (Å²) in [6.45, 7) is 0. The highest BCUT2D eigenvalue weighted by atomic mass is 16.4. The molecular formula is C20H16N2O3. The van der Waals surface area contributed by atoms with Gasteiger partial charge in [0.05, 0.1) is 16.5 Å². The maximum atomic E-state index is 12.5. The molecule has 0 aliphatic heterocycles. The third kappa shape index (κ3) is 2.50. The van der Waals surface area contributed by atoms with Gasteiger partial charge < -0.3 is 14.3 Å². The first-order valence-electron chi connectivity index (χ1n) is 7.91. The molecule has 0 atom stereocenters. The van der Waals surface area contributed by atoms with E-state index in [1.54, 1.807) is 6.07 Å². The van der Waals surface area contributed by atoms with E-state index >= 15 is 0 Å². The maximum Gasteiger partial charge on any atom is 0.344 e. The molecule has 0 spiro atoms. The lowest BCUT2D eigenvalue weighted by molar-refractivity contribution is 0.566. The lowest BCUT2D eigenvalue weighted by Crippen LogP contribution is -2.12. The third-order valence-corrected chi connectivity index (χ3v) is 4.29. The molecule has 0 bridgehead atoms. The predicted octanol–water partition coefficient (Wildman–Crippen LogP) is 3.37. The second-order valence-electron chi connectivity index (χ2n) is 6.13. The fourth-order valence-electron chi connectivity index (χ4n) is 2.96. The molecule has 0 saturated heterocycles. The number of aromatic amines is 1. The number of benzene rings is 2. The largest absolute Gasteiger partial charge is 0.421 e. The molecule has 5 heteroatoms. The van der Waals surface area contributed by atoms with Crippen LogP contribution in [0.15, 0.2) is 68.6 Å². The Hall–Kier alpha value is -3.34. The van der Waals surface area contributed by atoms with Gasteiger partial charge in [-0.25, -0.2) is 4.79 Å². The van der Waals surface area contributed by atoms with E-state index in [4.69, 9.17) is 4.42 Å². The predicted molar refractivity (Wildman–Crippen MR) is 100 cm³/mol. The first-order valence-corrected chi connectivity index (χ1v) is 7.91. The number of hydrogen-bond acceptors (Lipinski definition) is 4. The average molecular weight is 332 g/mol. The molecule has 2 aromatic carbocycles. The Morgan fingerprint density at radius 3 is 2.40 bits per heavy atom. The molecule has 0 unspecified atom stereocenters. The molecule has 124 valence electrons. The fourth-order valence-corrected chi connectivity index (χ4v) is 2.96. The van der Waals surface area contributed by atoms with E-state index in [9.17, 15) is 9.59 Å². The highest BCUT2D eigenvalue weighted by Crippen LogP contribution is 2.26. The molecule has 4 rings (SSSR count). The molecular weight excluding hydrogens is 316 g/mol. The van der Waals surface area contributed by atoms with Gasteiger partial charge in [0, 0.05) is 25.2 Å². The van der Waals surface area contributed by atoms with Crippen LogP contribution in [0.3, 0.4) is 0 Å². The Balaban J connectivity index is 2.06. The molecule has 0 radical (unpaired) electrons. The van der Waals surface area contributed by atoms with E-state index in [0.29, 0.717) is 27.4 Å². The van der Waals surface area contributed by atoms with Crippen molar-refractivity contribution in [2.45, 2.75) is 0 Å². The minimum atomic E-state index is -0.456. The number of H-pyrrole nitrogens is 1. The molecule has 5 nitrogen and oxygen atoms in total. The van der Waals surface area contributed by atoms with Gasteiger partial charge in [0.1, 0.15) is 0 Å². The van der Waals surface area contributed by atoms with Gasteiger partial charge in [0.25, 0.3) is 5.56 Å². The monoisotopic (exact) mass is 332 g/mol. The number of hydrogen-bond donors (Lipinski definition) is 1. The van der Waals surface area contributed by atoms with Crippen LogP contribution in [0.5, 0.6) is 0 Å². The number of rotatable bonds is 2. The normalized spacial score (nSPS) is 11.1. The summed E-state index contributed by atoms with van der Waals surface area (Å²) in [6.07, 6.45) is 0. The minimum Gasteiger partial charge on any atom is -0.421 e. The molecule has 2 aromatic heterocycles. The van der Waals surface area contributed by atoms with Crippen LogP contribution in [0.2, 0.25) is 0 Å². The van der Waals surface area contributed by atoms with Crippen LogP contribution in [0, 0.1) is 0 Å². The molecule has 0 amide bonds. The molecule has 0 aliphatic rings. The third-order valence-electron chi connectivity index (χ3n) is 4.29. The molecule has 0 aliphatic carbocycles. The van der Waals surface area contributed by atoms with Gasteiger partial charge in [-0.2, -0.15) is 0 Å². The van der Waals surface area contributed by atoms with Crippen molar-refractivity contribution in [3.05, 3.63) is 75.4 Å². The van der Waals surface area contributed by atoms with Crippen LogP contribution < -0.4 is 16.1 Å². The number of anilines is 1. The molecule has 2 heterocycles. The summed E-state index contributed by atoms with van der Waals surface area (Å²) in [6, 6.07) is 16.4.